The number of carbonyl (C=O) groups excluding carboxylic acids is 1. The van der Waals surface area contributed by atoms with Crippen molar-refractivity contribution in [2.75, 3.05) is 26.7 Å². The Morgan fingerprint density at radius 2 is 2.07 bits per heavy atom. The zero-order chi connectivity index (χ0) is 10.0. The van der Waals surface area contributed by atoms with Crippen molar-refractivity contribution < 1.29 is 9.53 Å². The highest BCUT2D eigenvalue weighted by Crippen LogP contribution is 2.36. The molecule has 0 aromatic heterocycles. The van der Waals surface area contributed by atoms with Gasteiger partial charge in [0.15, 0.2) is 0 Å². The molecular formula is C10H18N2O2. The van der Waals surface area contributed by atoms with Gasteiger partial charge in [0.1, 0.15) is 0 Å². The molecule has 0 aromatic rings. The lowest BCUT2D eigenvalue weighted by atomic mass is 9.86. The van der Waals surface area contributed by atoms with Crippen molar-refractivity contribution in [3.63, 3.8) is 0 Å². The average Bonchev–Trinajstić information content (AvgIpc) is 2.62. The van der Waals surface area contributed by atoms with Gasteiger partial charge < -0.3 is 15.0 Å². The molecule has 1 spiro atoms. The van der Waals surface area contributed by atoms with Gasteiger partial charge in [-0.3, -0.25) is 0 Å². The Balaban J connectivity index is 2.11. The number of piperidine rings is 1. The second-order valence-corrected chi connectivity index (χ2v) is 4.20. The first-order valence-electron chi connectivity index (χ1n) is 5.35. The second-order valence-electron chi connectivity index (χ2n) is 4.20. The van der Waals surface area contributed by atoms with Gasteiger partial charge in [-0.15, -0.1) is 0 Å². The van der Waals surface area contributed by atoms with Crippen LogP contribution in [0.15, 0.2) is 0 Å². The van der Waals surface area contributed by atoms with E-state index in [1.807, 2.05) is 4.90 Å². The van der Waals surface area contributed by atoms with Crippen LogP contribution in [0.4, 0.5) is 4.79 Å². The van der Waals surface area contributed by atoms with Crippen LogP contribution < -0.4 is 5.32 Å². The topological polar surface area (TPSA) is 41.6 Å². The van der Waals surface area contributed by atoms with E-state index < -0.39 is 0 Å². The van der Waals surface area contributed by atoms with E-state index >= 15 is 0 Å². The summed E-state index contributed by atoms with van der Waals surface area (Å²) < 4.78 is 4.83. The molecule has 2 fully saturated rings. The van der Waals surface area contributed by atoms with E-state index in [4.69, 9.17) is 4.74 Å². The average molecular weight is 198 g/mol. The third-order valence-corrected chi connectivity index (χ3v) is 3.53. The maximum absolute atomic E-state index is 11.6. The van der Waals surface area contributed by atoms with E-state index in [0.717, 1.165) is 45.3 Å². The predicted molar refractivity (Wildman–Crippen MR) is 53.2 cm³/mol. The molecule has 80 valence electrons. The van der Waals surface area contributed by atoms with E-state index in [2.05, 4.69) is 5.32 Å². The molecule has 4 nitrogen and oxygen atoms in total. The third-order valence-electron chi connectivity index (χ3n) is 3.53. The molecule has 2 saturated heterocycles. The van der Waals surface area contributed by atoms with Gasteiger partial charge in [0, 0.05) is 12.1 Å². The lowest BCUT2D eigenvalue weighted by Crippen LogP contribution is -2.53. The first kappa shape index (κ1) is 9.77. The summed E-state index contributed by atoms with van der Waals surface area (Å²) in [5, 5.41) is 3.33. The number of rotatable bonds is 0. The van der Waals surface area contributed by atoms with E-state index in [1.165, 1.54) is 7.11 Å². The molecule has 0 aliphatic carbocycles. The maximum Gasteiger partial charge on any atom is 0.409 e. The number of nitrogens with one attached hydrogen (secondary N) is 1. The number of likely N-dealkylation sites (tertiary alicyclic amines) is 1. The van der Waals surface area contributed by atoms with Gasteiger partial charge in [-0.25, -0.2) is 4.79 Å². The summed E-state index contributed by atoms with van der Waals surface area (Å²) in [6.45, 7) is 2.91. The number of hydrogen-bond donors (Lipinski definition) is 1. The Labute approximate surface area is 84.6 Å². The molecule has 2 heterocycles. The highest BCUT2D eigenvalue weighted by molar-refractivity contribution is 5.69. The fourth-order valence-electron chi connectivity index (χ4n) is 2.75. The summed E-state index contributed by atoms with van der Waals surface area (Å²) in [4.78, 5) is 13.5. The quantitative estimate of drug-likeness (QED) is 0.630. The van der Waals surface area contributed by atoms with Gasteiger partial charge in [-0.2, -0.15) is 0 Å². The van der Waals surface area contributed by atoms with Crippen LogP contribution in [0.25, 0.3) is 0 Å². The molecule has 0 atom stereocenters. The zero-order valence-electron chi connectivity index (χ0n) is 8.71. The van der Waals surface area contributed by atoms with Crippen LogP contribution in [-0.2, 0) is 4.74 Å². The van der Waals surface area contributed by atoms with E-state index in [9.17, 15) is 4.79 Å². The van der Waals surface area contributed by atoms with Crippen molar-refractivity contribution in [2.45, 2.75) is 31.2 Å². The van der Waals surface area contributed by atoms with Gasteiger partial charge in [0.05, 0.1) is 7.11 Å². The third kappa shape index (κ3) is 1.47. The van der Waals surface area contributed by atoms with Gasteiger partial charge in [0.25, 0.3) is 0 Å². The SMILES string of the molecule is COC(=O)N1CCCC12CCNCC2. The minimum absolute atomic E-state index is 0.109. The van der Waals surface area contributed by atoms with Crippen LogP contribution in [0.3, 0.4) is 0 Å². The second kappa shape index (κ2) is 3.77. The minimum Gasteiger partial charge on any atom is -0.453 e. The number of ether oxygens (including phenoxy) is 1. The van der Waals surface area contributed by atoms with E-state index in [-0.39, 0.29) is 11.6 Å². The number of hydrogen-bond acceptors (Lipinski definition) is 3. The lowest BCUT2D eigenvalue weighted by Gasteiger charge is -2.40. The maximum atomic E-state index is 11.6. The van der Waals surface area contributed by atoms with E-state index in [1.54, 1.807) is 0 Å². The van der Waals surface area contributed by atoms with Crippen LogP contribution in [0.5, 0.6) is 0 Å². The summed E-state index contributed by atoms with van der Waals surface area (Å²) in [6.07, 6.45) is 4.26. The molecular weight excluding hydrogens is 180 g/mol. The normalized spacial score (nSPS) is 25.4. The van der Waals surface area contributed by atoms with E-state index in [0.29, 0.717) is 0 Å². The Morgan fingerprint density at radius 1 is 1.36 bits per heavy atom. The lowest BCUT2D eigenvalue weighted by molar-refractivity contribution is 0.0698. The summed E-state index contributed by atoms with van der Waals surface area (Å²) >= 11 is 0. The first-order chi connectivity index (χ1) is 6.78. The number of amides is 1. The smallest absolute Gasteiger partial charge is 0.409 e. The molecule has 0 aromatic carbocycles. The number of carbonyl (C=O) groups is 1. The van der Waals surface area contributed by atoms with Crippen LogP contribution in [0, 0.1) is 0 Å². The van der Waals surface area contributed by atoms with Crippen molar-refractivity contribution >= 4 is 6.09 Å². The molecule has 14 heavy (non-hydrogen) atoms. The molecule has 0 radical (unpaired) electrons. The molecule has 1 N–H and O–H groups in total. The van der Waals surface area contributed by atoms with Crippen molar-refractivity contribution in [1.82, 2.24) is 10.2 Å². The number of nitrogens with zero attached hydrogens (tertiary/aromatic N) is 1. The fraction of sp³-hybridized carbons (Fsp3) is 0.900. The Kier molecular flexibility index (Phi) is 2.63. The molecule has 2 aliphatic rings. The largest absolute Gasteiger partial charge is 0.453 e. The van der Waals surface area contributed by atoms with Crippen LogP contribution >= 0.6 is 0 Å². The molecule has 4 heteroatoms. The summed E-state index contributed by atoms with van der Waals surface area (Å²) in [6, 6.07) is 0. The molecule has 0 unspecified atom stereocenters. The van der Waals surface area contributed by atoms with Crippen LogP contribution in [0.2, 0.25) is 0 Å². The fourth-order valence-corrected chi connectivity index (χ4v) is 2.75. The first-order valence-corrected chi connectivity index (χ1v) is 5.35. The van der Waals surface area contributed by atoms with Crippen molar-refractivity contribution in [1.29, 1.82) is 0 Å². The van der Waals surface area contributed by atoms with Gasteiger partial charge >= 0.3 is 6.09 Å². The number of methoxy groups -OCH3 is 1. The molecule has 2 rings (SSSR count). The van der Waals surface area contributed by atoms with Crippen molar-refractivity contribution in [3.05, 3.63) is 0 Å². The van der Waals surface area contributed by atoms with Gasteiger partial charge in [-0.05, 0) is 38.8 Å². The van der Waals surface area contributed by atoms with Crippen molar-refractivity contribution in [2.24, 2.45) is 0 Å². The molecule has 0 bridgehead atoms. The molecule has 0 saturated carbocycles. The minimum atomic E-state index is -0.149. The van der Waals surface area contributed by atoms with Gasteiger partial charge in [0.2, 0.25) is 0 Å². The van der Waals surface area contributed by atoms with Crippen molar-refractivity contribution in [3.8, 4) is 0 Å². The van der Waals surface area contributed by atoms with Crippen LogP contribution in [-0.4, -0.2) is 43.3 Å². The Morgan fingerprint density at radius 3 is 2.71 bits per heavy atom. The van der Waals surface area contributed by atoms with Crippen LogP contribution in [0.1, 0.15) is 25.7 Å². The summed E-state index contributed by atoms with van der Waals surface area (Å²) in [7, 11) is 1.47. The highest BCUT2D eigenvalue weighted by atomic mass is 16.5. The standard InChI is InChI=1S/C10H18N2O2/c1-14-9(13)12-8-2-3-10(12)4-6-11-7-5-10/h11H,2-8H2,1H3. The molecule has 1 amide bonds. The monoisotopic (exact) mass is 198 g/mol. The highest BCUT2D eigenvalue weighted by Gasteiger charge is 2.44. The molecule has 2 aliphatic heterocycles. The van der Waals surface area contributed by atoms with Gasteiger partial charge in [-0.1, -0.05) is 0 Å². The Hall–Kier alpha value is -0.770. The summed E-state index contributed by atoms with van der Waals surface area (Å²) in [5.74, 6) is 0. The summed E-state index contributed by atoms with van der Waals surface area (Å²) in [5.41, 5.74) is 0.109. The Bertz CT molecular complexity index is 224. The zero-order valence-corrected chi connectivity index (χ0v) is 8.71. The predicted octanol–water partition coefficient (Wildman–Crippen LogP) is 0.971.